The quantitative estimate of drug-likeness (QED) is 0.794. The predicted molar refractivity (Wildman–Crippen MR) is 85.2 cm³/mol. The van der Waals surface area contributed by atoms with Crippen molar-refractivity contribution in [1.82, 2.24) is 5.32 Å². The van der Waals surface area contributed by atoms with Gasteiger partial charge in [-0.25, -0.2) is 0 Å². The average Bonchev–Trinajstić information content (AvgIpc) is 2.57. The van der Waals surface area contributed by atoms with Crippen molar-refractivity contribution in [2.24, 2.45) is 0 Å². The molecule has 6 heteroatoms. The fourth-order valence-electron chi connectivity index (χ4n) is 1.97. The number of nitrogens with one attached hydrogen (secondary N) is 1. The minimum atomic E-state index is -4.27. The first-order chi connectivity index (χ1) is 10.6. The highest BCUT2D eigenvalue weighted by molar-refractivity contribution is 6.15. The molecule has 0 amide bonds. The SMILES string of the molecule is CC.CCl.FC(F)(F)c1ccc(COC2CCNCC2)cc1. The summed E-state index contributed by atoms with van der Waals surface area (Å²) in [4.78, 5) is 0. The van der Waals surface area contributed by atoms with Crippen LogP contribution >= 0.6 is 11.6 Å². The van der Waals surface area contributed by atoms with E-state index < -0.39 is 11.7 Å². The van der Waals surface area contributed by atoms with Crippen molar-refractivity contribution < 1.29 is 17.9 Å². The van der Waals surface area contributed by atoms with E-state index in [1.807, 2.05) is 13.8 Å². The van der Waals surface area contributed by atoms with Gasteiger partial charge in [0, 0.05) is 6.38 Å². The Bertz CT molecular complexity index is 376. The highest BCUT2D eigenvalue weighted by Gasteiger charge is 2.29. The summed E-state index contributed by atoms with van der Waals surface area (Å²) < 4.78 is 42.7. The smallest absolute Gasteiger partial charge is 0.373 e. The standard InChI is InChI=1S/C13H16F3NO.C2H6.CH3Cl/c14-13(15,16)11-3-1-10(2-4-11)9-18-12-5-7-17-8-6-12;2*1-2/h1-4,12,17H,5-9H2;1-2H3;1H3. The molecular weight excluding hydrogens is 315 g/mol. The van der Waals surface area contributed by atoms with E-state index in [2.05, 4.69) is 16.9 Å². The molecule has 0 bridgehead atoms. The van der Waals surface area contributed by atoms with Crippen LogP contribution in [0, 0.1) is 0 Å². The van der Waals surface area contributed by atoms with E-state index >= 15 is 0 Å². The van der Waals surface area contributed by atoms with Crippen LogP contribution in [0.1, 0.15) is 37.8 Å². The lowest BCUT2D eigenvalue weighted by atomic mass is 10.1. The molecule has 1 aromatic rings. The summed E-state index contributed by atoms with van der Waals surface area (Å²) in [5.41, 5.74) is 0.162. The zero-order valence-corrected chi connectivity index (χ0v) is 14.1. The Kier molecular flexibility index (Phi) is 11.3. The second-order valence-corrected chi connectivity index (χ2v) is 4.46. The largest absolute Gasteiger partial charge is 0.416 e. The Balaban J connectivity index is 0.00000102. The van der Waals surface area contributed by atoms with Gasteiger partial charge >= 0.3 is 6.18 Å². The number of benzene rings is 1. The van der Waals surface area contributed by atoms with Crippen molar-refractivity contribution in [1.29, 1.82) is 0 Å². The van der Waals surface area contributed by atoms with Crippen molar-refractivity contribution in [2.45, 2.75) is 45.6 Å². The Morgan fingerprint density at radius 3 is 2.05 bits per heavy atom. The van der Waals surface area contributed by atoms with Gasteiger partial charge in [0.2, 0.25) is 0 Å². The Hall–Kier alpha value is -0.780. The molecule has 128 valence electrons. The van der Waals surface area contributed by atoms with Crippen LogP contribution in [0.3, 0.4) is 0 Å². The number of ether oxygens (including phenoxy) is 1. The molecule has 2 rings (SSSR count). The number of hydrogen-bond donors (Lipinski definition) is 1. The lowest BCUT2D eigenvalue weighted by molar-refractivity contribution is -0.137. The third-order valence-electron chi connectivity index (χ3n) is 3.05. The topological polar surface area (TPSA) is 21.3 Å². The molecule has 2 nitrogen and oxygen atoms in total. The Morgan fingerprint density at radius 1 is 1.09 bits per heavy atom. The molecule has 0 radical (unpaired) electrons. The van der Waals surface area contributed by atoms with Crippen LogP contribution in [0.2, 0.25) is 0 Å². The van der Waals surface area contributed by atoms with Gasteiger partial charge in [-0.15, -0.1) is 11.6 Å². The van der Waals surface area contributed by atoms with Crippen LogP contribution in [0.4, 0.5) is 13.2 Å². The van der Waals surface area contributed by atoms with Crippen LogP contribution in [-0.4, -0.2) is 25.6 Å². The average molecular weight is 340 g/mol. The number of halogens is 4. The van der Waals surface area contributed by atoms with Crippen molar-refractivity contribution in [3.8, 4) is 0 Å². The van der Waals surface area contributed by atoms with Crippen LogP contribution in [0.15, 0.2) is 24.3 Å². The molecule has 1 aromatic carbocycles. The Morgan fingerprint density at radius 2 is 1.59 bits per heavy atom. The molecule has 1 N–H and O–H groups in total. The van der Waals surface area contributed by atoms with Gasteiger partial charge < -0.3 is 10.1 Å². The second-order valence-electron chi connectivity index (χ2n) is 4.46. The third kappa shape index (κ3) is 8.01. The number of piperidine rings is 1. The lowest BCUT2D eigenvalue weighted by Gasteiger charge is -2.23. The lowest BCUT2D eigenvalue weighted by Crippen LogP contribution is -2.32. The third-order valence-corrected chi connectivity index (χ3v) is 3.05. The molecular formula is C16H25ClF3NO. The van der Waals surface area contributed by atoms with Gasteiger partial charge in [-0.1, -0.05) is 26.0 Å². The van der Waals surface area contributed by atoms with Gasteiger partial charge in [-0.2, -0.15) is 13.2 Å². The van der Waals surface area contributed by atoms with Gasteiger partial charge in [-0.3, -0.25) is 0 Å². The molecule has 1 heterocycles. The molecule has 0 aromatic heterocycles. The summed E-state index contributed by atoms with van der Waals surface area (Å²) in [6, 6.07) is 5.15. The minimum absolute atomic E-state index is 0.216. The first kappa shape index (κ1) is 21.2. The summed E-state index contributed by atoms with van der Waals surface area (Å²) in [6.07, 6.45) is -0.663. The van der Waals surface area contributed by atoms with E-state index in [1.165, 1.54) is 18.5 Å². The van der Waals surface area contributed by atoms with Gasteiger partial charge in [0.05, 0.1) is 18.3 Å². The fraction of sp³-hybridized carbons (Fsp3) is 0.625. The molecule has 0 aliphatic carbocycles. The molecule has 0 unspecified atom stereocenters. The van der Waals surface area contributed by atoms with Gasteiger partial charge in [0.1, 0.15) is 0 Å². The maximum Gasteiger partial charge on any atom is 0.416 e. The number of alkyl halides is 4. The van der Waals surface area contributed by atoms with E-state index in [4.69, 9.17) is 4.74 Å². The summed E-state index contributed by atoms with van der Waals surface area (Å²) in [6.45, 7) is 6.26. The summed E-state index contributed by atoms with van der Waals surface area (Å²) >= 11 is 4.64. The molecule has 22 heavy (non-hydrogen) atoms. The van der Waals surface area contributed by atoms with E-state index in [1.54, 1.807) is 0 Å². The van der Waals surface area contributed by atoms with E-state index in [9.17, 15) is 13.2 Å². The van der Waals surface area contributed by atoms with Crippen LogP contribution < -0.4 is 5.32 Å². The van der Waals surface area contributed by atoms with Gasteiger partial charge in [-0.05, 0) is 43.6 Å². The van der Waals surface area contributed by atoms with Crippen molar-refractivity contribution >= 4 is 11.6 Å². The second kappa shape index (κ2) is 11.7. The van der Waals surface area contributed by atoms with Crippen molar-refractivity contribution in [2.75, 3.05) is 19.5 Å². The molecule has 0 spiro atoms. The first-order valence-corrected chi connectivity index (χ1v) is 8.17. The fourth-order valence-corrected chi connectivity index (χ4v) is 1.97. The molecule has 1 aliphatic heterocycles. The van der Waals surface area contributed by atoms with Gasteiger partial charge in [0.15, 0.2) is 0 Å². The van der Waals surface area contributed by atoms with Crippen LogP contribution in [0.25, 0.3) is 0 Å². The highest BCUT2D eigenvalue weighted by Crippen LogP contribution is 2.29. The molecule has 1 fully saturated rings. The van der Waals surface area contributed by atoms with E-state index in [0.717, 1.165) is 43.6 Å². The van der Waals surface area contributed by atoms with Gasteiger partial charge in [0.25, 0.3) is 0 Å². The zero-order chi connectivity index (χ0) is 17.0. The first-order valence-electron chi connectivity index (χ1n) is 7.42. The highest BCUT2D eigenvalue weighted by atomic mass is 35.5. The molecule has 1 saturated heterocycles. The maximum atomic E-state index is 12.4. The zero-order valence-electron chi connectivity index (χ0n) is 13.3. The summed E-state index contributed by atoms with van der Waals surface area (Å²) in [7, 11) is 0. The van der Waals surface area contributed by atoms with E-state index in [0.29, 0.717) is 6.61 Å². The van der Waals surface area contributed by atoms with Crippen molar-refractivity contribution in [3.05, 3.63) is 35.4 Å². The summed E-state index contributed by atoms with van der Waals surface area (Å²) in [5.74, 6) is 0. The van der Waals surface area contributed by atoms with Crippen molar-refractivity contribution in [3.63, 3.8) is 0 Å². The van der Waals surface area contributed by atoms with Crippen LogP contribution in [0.5, 0.6) is 0 Å². The number of hydrogen-bond acceptors (Lipinski definition) is 2. The minimum Gasteiger partial charge on any atom is -0.373 e. The predicted octanol–water partition coefficient (Wildman–Crippen LogP) is 4.86. The van der Waals surface area contributed by atoms with E-state index in [-0.39, 0.29) is 6.10 Å². The summed E-state index contributed by atoms with van der Waals surface area (Å²) in [5, 5.41) is 3.23. The van der Waals surface area contributed by atoms with Crippen LogP contribution in [-0.2, 0) is 17.5 Å². The maximum absolute atomic E-state index is 12.4. The Labute approximate surface area is 136 Å². The molecule has 0 atom stereocenters. The molecule has 1 aliphatic rings. The molecule has 0 saturated carbocycles. The normalized spacial score (nSPS) is 15.2. The monoisotopic (exact) mass is 339 g/mol. The number of rotatable bonds is 3.